The summed E-state index contributed by atoms with van der Waals surface area (Å²) in [4.78, 5) is 27.0. The monoisotopic (exact) mass is 387 g/mol. The van der Waals surface area contributed by atoms with Crippen molar-refractivity contribution in [3.8, 4) is 0 Å². The Morgan fingerprint density at radius 3 is 2.31 bits per heavy atom. The number of amides is 2. The first-order valence-electron chi connectivity index (χ1n) is 9.56. The molecule has 29 heavy (non-hydrogen) atoms. The first-order valence-corrected chi connectivity index (χ1v) is 9.56. The normalized spacial score (nSPS) is 10.4. The zero-order valence-corrected chi connectivity index (χ0v) is 16.5. The fourth-order valence-corrected chi connectivity index (χ4v) is 3.14. The molecule has 0 atom stereocenters. The predicted octanol–water partition coefficient (Wildman–Crippen LogP) is 4.11. The largest absolute Gasteiger partial charge is 0.399 e. The first-order chi connectivity index (χ1) is 14.0. The van der Waals surface area contributed by atoms with Gasteiger partial charge in [0.2, 0.25) is 5.91 Å². The SMILES string of the molecule is CN(Cc1ccccc1)C(=O)c1ccccc1NC(=O)CCc1ccccc1N. The second-order valence-corrected chi connectivity index (χ2v) is 6.94. The van der Waals surface area contributed by atoms with Crippen molar-refractivity contribution >= 4 is 23.2 Å². The quantitative estimate of drug-likeness (QED) is 0.599. The molecular weight excluding hydrogens is 362 g/mol. The van der Waals surface area contributed by atoms with Gasteiger partial charge in [-0.05, 0) is 35.7 Å². The molecule has 0 radical (unpaired) electrons. The van der Waals surface area contributed by atoms with Gasteiger partial charge in [0.25, 0.3) is 5.91 Å². The van der Waals surface area contributed by atoms with Crippen LogP contribution in [0.4, 0.5) is 11.4 Å². The summed E-state index contributed by atoms with van der Waals surface area (Å²) in [5.74, 6) is -0.295. The van der Waals surface area contributed by atoms with E-state index < -0.39 is 0 Å². The molecule has 3 N–H and O–H groups in total. The molecule has 148 valence electrons. The van der Waals surface area contributed by atoms with Gasteiger partial charge in [0, 0.05) is 25.7 Å². The highest BCUT2D eigenvalue weighted by molar-refractivity contribution is 6.03. The minimum absolute atomic E-state index is 0.142. The van der Waals surface area contributed by atoms with Crippen LogP contribution in [0.5, 0.6) is 0 Å². The van der Waals surface area contributed by atoms with E-state index in [1.165, 1.54) is 0 Å². The lowest BCUT2D eigenvalue weighted by Crippen LogP contribution is -2.27. The molecule has 0 saturated heterocycles. The van der Waals surface area contributed by atoms with Gasteiger partial charge in [0.15, 0.2) is 0 Å². The molecule has 0 bridgehead atoms. The molecule has 0 aliphatic heterocycles. The fraction of sp³-hybridized carbons (Fsp3) is 0.167. The van der Waals surface area contributed by atoms with Gasteiger partial charge in [0.05, 0.1) is 11.3 Å². The summed E-state index contributed by atoms with van der Waals surface area (Å²) in [5.41, 5.74) is 9.59. The smallest absolute Gasteiger partial charge is 0.256 e. The van der Waals surface area contributed by atoms with Crippen LogP contribution in [0.2, 0.25) is 0 Å². The number of benzene rings is 3. The van der Waals surface area contributed by atoms with Gasteiger partial charge in [-0.1, -0.05) is 60.7 Å². The second kappa shape index (κ2) is 9.55. The van der Waals surface area contributed by atoms with Crippen LogP contribution in [0.15, 0.2) is 78.9 Å². The number of nitrogens with two attached hydrogens (primary N) is 1. The van der Waals surface area contributed by atoms with Gasteiger partial charge >= 0.3 is 0 Å². The highest BCUT2D eigenvalue weighted by atomic mass is 16.2. The third-order valence-electron chi connectivity index (χ3n) is 4.72. The van der Waals surface area contributed by atoms with Gasteiger partial charge in [-0.2, -0.15) is 0 Å². The molecule has 0 aliphatic carbocycles. The summed E-state index contributed by atoms with van der Waals surface area (Å²) >= 11 is 0. The summed E-state index contributed by atoms with van der Waals surface area (Å²) in [5, 5.41) is 2.87. The van der Waals surface area contributed by atoms with E-state index in [2.05, 4.69) is 5.32 Å². The van der Waals surface area contributed by atoms with Gasteiger partial charge in [-0.25, -0.2) is 0 Å². The van der Waals surface area contributed by atoms with Crippen LogP contribution in [0.25, 0.3) is 0 Å². The Labute approximate surface area is 171 Å². The Morgan fingerprint density at radius 2 is 1.55 bits per heavy atom. The lowest BCUT2D eigenvalue weighted by molar-refractivity contribution is -0.116. The summed E-state index contributed by atoms with van der Waals surface area (Å²) in [6, 6.07) is 24.4. The van der Waals surface area contributed by atoms with Crippen LogP contribution in [-0.2, 0) is 17.8 Å². The molecule has 0 fully saturated rings. The Morgan fingerprint density at radius 1 is 0.897 bits per heavy atom. The van der Waals surface area contributed by atoms with Crippen LogP contribution in [-0.4, -0.2) is 23.8 Å². The molecule has 3 aromatic rings. The van der Waals surface area contributed by atoms with Crippen molar-refractivity contribution in [1.29, 1.82) is 0 Å². The molecule has 3 aromatic carbocycles. The molecular formula is C24H25N3O2. The summed E-state index contributed by atoms with van der Waals surface area (Å²) < 4.78 is 0. The summed E-state index contributed by atoms with van der Waals surface area (Å²) in [7, 11) is 1.76. The number of nitrogen functional groups attached to an aromatic ring is 1. The molecule has 0 spiro atoms. The fourth-order valence-electron chi connectivity index (χ4n) is 3.14. The van der Waals surface area contributed by atoms with E-state index in [1.807, 2.05) is 54.6 Å². The van der Waals surface area contributed by atoms with Crippen LogP contribution in [0.3, 0.4) is 0 Å². The van der Waals surface area contributed by atoms with Crippen molar-refractivity contribution < 1.29 is 9.59 Å². The van der Waals surface area contributed by atoms with Gasteiger partial charge in [-0.3, -0.25) is 9.59 Å². The molecule has 0 heterocycles. The average Bonchev–Trinajstić information content (AvgIpc) is 2.74. The van der Waals surface area contributed by atoms with Crippen molar-refractivity contribution in [2.45, 2.75) is 19.4 Å². The predicted molar refractivity (Wildman–Crippen MR) is 116 cm³/mol. The number of rotatable bonds is 7. The van der Waals surface area contributed by atoms with E-state index in [1.54, 1.807) is 36.2 Å². The maximum absolute atomic E-state index is 12.9. The second-order valence-electron chi connectivity index (χ2n) is 6.94. The zero-order valence-electron chi connectivity index (χ0n) is 16.5. The maximum Gasteiger partial charge on any atom is 0.256 e. The summed E-state index contributed by atoms with van der Waals surface area (Å²) in [6.45, 7) is 0.495. The lowest BCUT2D eigenvalue weighted by Gasteiger charge is -2.19. The van der Waals surface area contributed by atoms with Crippen LogP contribution in [0, 0.1) is 0 Å². The minimum Gasteiger partial charge on any atom is -0.399 e. The van der Waals surface area contributed by atoms with Crippen molar-refractivity contribution in [2.75, 3.05) is 18.1 Å². The van der Waals surface area contributed by atoms with Crippen molar-refractivity contribution in [1.82, 2.24) is 4.90 Å². The minimum atomic E-state index is -0.154. The number of carbonyl (C=O) groups is 2. The first kappa shape index (κ1) is 20.1. The maximum atomic E-state index is 12.9. The third-order valence-corrected chi connectivity index (χ3v) is 4.72. The molecule has 5 nitrogen and oxygen atoms in total. The molecule has 2 amide bonds. The van der Waals surface area contributed by atoms with E-state index in [-0.39, 0.29) is 18.2 Å². The lowest BCUT2D eigenvalue weighted by atomic mass is 10.1. The number of nitrogens with one attached hydrogen (secondary N) is 1. The standard InChI is InChI=1S/C24H25N3O2/c1-27(17-18-9-3-2-4-10-18)24(29)20-12-6-8-14-22(20)26-23(28)16-15-19-11-5-7-13-21(19)25/h2-14H,15-17,25H2,1H3,(H,26,28). The average molecular weight is 387 g/mol. The van der Waals surface area contributed by atoms with Crippen molar-refractivity contribution in [2.24, 2.45) is 0 Å². The zero-order chi connectivity index (χ0) is 20.6. The van der Waals surface area contributed by atoms with Gasteiger partial charge in [0.1, 0.15) is 0 Å². The van der Waals surface area contributed by atoms with Gasteiger partial charge < -0.3 is 16.0 Å². The number of nitrogens with zero attached hydrogens (tertiary/aromatic N) is 1. The van der Waals surface area contributed by atoms with E-state index in [4.69, 9.17) is 5.73 Å². The Hall–Kier alpha value is -3.60. The Kier molecular flexibility index (Phi) is 6.63. The number of aryl methyl sites for hydroxylation is 1. The van der Waals surface area contributed by atoms with E-state index in [0.29, 0.717) is 29.9 Å². The van der Waals surface area contributed by atoms with E-state index in [0.717, 1.165) is 11.1 Å². The molecule has 5 heteroatoms. The van der Waals surface area contributed by atoms with E-state index in [9.17, 15) is 9.59 Å². The number of hydrogen-bond donors (Lipinski definition) is 2. The number of anilines is 2. The van der Waals surface area contributed by atoms with Crippen molar-refractivity contribution in [3.63, 3.8) is 0 Å². The molecule has 0 saturated carbocycles. The van der Waals surface area contributed by atoms with Crippen LogP contribution < -0.4 is 11.1 Å². The molecule has 0 aliphatic rings. The van der Waals surface area contributed by atoms with E-state index >= 15 is 0 Å². The van der Waals surface area contributed by atoms with Crippen LogP contribution >= 0.6 is 0 Å². The third kappa shape index (κ3) is 5.45. The topological polar surface area (TPSA) is 75.4 Å². The van der Waals surface area contributed by atoms with Crippen LogP contribution in [0.1, 0.15) is 27.9 Å². The highest BCUT2D eigenvalue weighted by Crippen LogP contribution is 2.19. The van der Waals surface area contributed by atoms with Crippen molar-refractivity contribution in [3.05, 3.63) is 95.6 Å². The van der Waals surface area contributed by atoms with Gasteiger partial charge in [-0.15, -0.1) is 0 Å². The molecule has 3 rings (SSSR count). The number of para-hydroxylation sites is 2. The Bertz CT molecular complexity index is 986. The number of carbonyl (C=O) groups excluding carboxylic acids is 2. The summed E-state index contributed by atoms with van der Waals surface area (Å²) in [6.07, 6.45) is 0.832. The molecule has 0 unspecified atom stereocenters. The highest BCUT2D eigenvalue weighted by Gasteiger charge is 2.17. The number of hydrogen-bond acceptors (Lipinski definition) is 3. The Balaban J connectivity index is 1.65. The molecule has 0 aromatic heterocycles.